The molecule has 2 heterocycles. The zero-order chi connectivity index (χ0) is 13.9. The molecule has 0 aliphatic rings. The van der Waals surface area contributed by atoms with E-state index in [9.17, 15) is 0 Å². The van der Waals surface area contributed by atoms with Crippen molar-refractivity contribution in [2.75, 3.05) is 11.1 Å². The van der Waals surface area contributed by atoms with Gasteiger partial charge in [0.15, 0.2) is 0 Å². The van der Waals surface area contributed by atoms with Gasteiger partial charge in [-0.25, -0.2) is 4.98 Å². The van der Waals surface area contributed by atoms with Crippen molar-refractivity contribution < 1.29 is 0 Å². The Bertz CT molecular complexity index is 738. The molecular weight excluding hydrogens is 248 g/mol. The molecule has 0 fully saturated rings. The van der Waals surface area contributed by atoms with Gasteiger partial charge in [0.1, 0.15) is 5.82 Å². The molecule has 0 saturated heterocycles. The van der Waals surface area contributed by atoms with E-state index in [1.165, 1.54) is 0 Å². The average Bonchev–Trinajstić information content (AvgIpc) is 2.47. The fourth-order valence-electron chi connectivity index (χ4n) is 2.25. The van der Waals surface area contributed by atoms with Crippen molar-refractivity contribution >= 4 is 22.3 Å². The first-order chi connectivity index (χ1) is 9.74. The Labute approximate surface area is 117 Å². The molecule has 3 rings (SSSR count). The SMILES string of the molecule is Cc1cc2c(N)cccc2c(NCc2cccnc2)n1. The summed E-state index contributed by atoms with van der Waals surface area (Å²) in [7, 11) is 0. The van der Waals surface area contributed by atoms with Crippen LogP contribution in [0.3, 0.4) is 0 Å². The van der Waals surface area contributed by atoms with E-state index in [0.717, 1.165) is 33.5 Å². The van der Waals surface area contributed by atoms with Crippen LogP contribution in [-0.2, 0) is 6.54 Å². The maximum atomic E-state index is 6.04. The minimum atomic E-state index is 0.689. The number of pyridine rings is 2. The summed E-state index contributed by atoms with van der Waals surface area (Å²) in [5, 5.41) is 5.44. The number of nitrogens with two attached hydrogens (primary N) is 1. The summed E-state index contributed by atoms with van der Waals surface area (Å²) in [5.41, 5.74) is 8.88. The number of benzene rings is 1. The first-order valence-electron chi connectivity index (χ1n) is 6.52. The lowest BCUT2D eigenvalue weighted by Gasteiger charge is -2.11. The molecule has 0 bridgehead atoms. The fourth-order valence-corrected chi connectivity index (χ4v) is 2.25. The summed E-state index contributed by atoms with van der Waals surface area (Å²) in [5.74, 6) is 0.858. The monoisotopic (exact) mass is 264 g/mol. The molecule has 0 amide bonds. The second kappa shape index (κ2) is 5.17. The normalized spacial score (nSPS) is 10.7. The zero-order valence-corrected chi connectivity index (χ0v) is 11.3. The van der Waals surface area contributed by atoms with Crippen molar-refractivity contribution in [1.82, 2.24) is 9.97 Å². The van der Waals surface area contributed by atoms with Gasteiger partial charge < -0.3 is 11.1 Å². The summed E-state index contributed by atoms with van der Waals surface area (Å²) in [6.45, 7) is 2.66. The molecule has 100 valence electrons. The third-order valence-electron chi connectivity index (χ3n) is 3.22. The lowest BCUT2D eigenvalue weighted by atomic mass is 10.1. The summed E-state index contributed by atoms with van der Waals surface area (Å²) in [4.78, 5) is 8.68. The molecular formula is C16H16N4. The van der Waals surface area contributed by atoms with E-state index in [2.05, 4.69) is 15.3 Å². The number of nitrogens with one attached hydrogen (secondary N) is 1. The molecule has 20 heavy (non-hydrogen) atoms. The molecule has 0 aliphatic carbocycles. The predicted octanol–water partition coefficient (Wildman–Crippen LogP) is 3.13. The van der Waals surface area contributed by atoms with Crippen LogP contribution in [0.4, 0.5) is 11.5 Å². The predicted molar refractivity (Wildman–Crippen MR) is 82.5 cm³/mol. The molecule has 3 aromatic rings. The van der Waals surface area contributed by atoms with Gasteiger partial charge in [-0.15, -0.1) is 0 Å². The number of nitrogen functional groups attached to an aromatic ring is 1. The van der Waals surface area contributed by atoms with Crippen LogP contribution < -0.4 is 11.1 Å². The first-order valence-corrected chi connectivity index (χ1v) is 6.52. The van der Waals surface area contributed by atoms with Crippen molar-refractivity contribution in [3.05, 3.63) is 60.0 Å². The Morgan fingerprint density at radius 2 is 2.05 bits per heavy atom. The first kappa shape index (κ1) is 12.4. The highest BCUT2D eigenvalue weighted by molar-refractivity contribution is 5.99. The lowest BCUT2D eigenvalue weighted by Crippen LogP contribution is -2.03. The highest BCUT2D eigenvalue weighted by atomic mass is 15.0. The van der Waals surface area contributed by atoms with E-state index in [1.54, 1.807) is 6.20 Å². The van der Waals surface area contributed by atoms with Gasteiger partial charge >= 0.3 is 0 Å². The second-order valence-corrected chi connectivity index (χ2v) is 4.77. The third kappa shape index (κ3) is 2.40. The van der Waals surface area contributed by atoms with E-state index in [4.69, 9.17) is 5.73 Å². The molecule has 3 N–H and O–H groups in total. The van der Waals surface area contributed by atoms with Crippen LogP contribution in [0, 0.1) is 6.92 Å². The van der Waals surface area contributed by atoms with Crippen molar-refractivity contribution in [3.63, 3.8) is 0 Å². The van der Waals surface area contributed by atoms with E-state index >= 15 is 0 Å². The number of hydrogen-bond donors (Lipinski definition) is 2. The highest BCUT2D eigenvalue weighted by Gasteiger charge is 2.06. The molecule has 0 unspecified atom stereocenters. The summed E-state index contributed by atoms with van der Waals surface area (Å²) < 4.78 is 0. The Morgan fingerprint density at radius 3 is 2.85 bits per heavy atom. The highest BCUT2D eigenvalue weighted by Crippen LogP contribution is 2.27. The zero-order valence-electron chi connectivity index (χ0n) is 11.3. The van der Waals surface area contributed by atoms with Crippen molar-refractivity contribution in [2.24, 2.45) is 0 Å². The topological polar surface area (TPSA) is 63.8 Å². The average molecular weight is 264 g/mol. The summed E-state index contributed by atoms with van der Waals surface area (Å²) in [6, 6.07) is 11.9. The molecule has 4 nitrogen and oxygen atoms in total. The largest absolute Gasteiger partial charge is 0.398 e. The van der Waals surface area contributed by atoms with Crippen molar-refractivity contribution in [2.45, 2.75) is 13.5 Å². The lowest BCUT2D eigenvalue weighted by molar-refractivity contribution is 1.08. The van der Waals surface area contributed by atoms with Gasteiger partial charge in [0.05, 0.1) is 0 Å². The molecule has 0 radical (unpaired) electrons. The van der Waals surface area contributed by atoms with Crippen LogP contribution in [0.15, 0.2) is 48.8 Å². The van der Waals surface area contributed by atoms with Gasteiger partial charge in [-0.05, 0) is 30.7 Å². The number of aromatic nitrogens is 2. The fraction of sp³-hybridized carbons (Fsp3) is 0.125. The van der Waals surface area contributed by atoms with E-state index in [1.807, 2.05) is 49.5 Å². The summed E-state index contributed by atoms with van der Waals surface area (Å²) in [6.07, 6.45) is 3.61. The summed E-state index contributed by atoms with van der Waals surface area (Å²) >= 11 is 0. The van der Waals surface area contributed by atoms with Crippen molar-refractivity contribution in [3.8, 4) is 0 Å². The molecule has 0 spiro atoms. The van der Waals surface area contributed by atoms with Gasteiger partial charge in [0.2, 0.25) is 0 Å². The van der Waals surface area contributed by atoms with Crippen LogP contribution in [0.2, 0.25) is 0 Å². The maximum absolute atomic E-state index is 6.04. The molecule has 2 aromatic heterocycles. The number of rotatable bonds is 3. The van der Waals surface area contributed by atoms with E-state index < -0.39 is 0 Å². The quantitative estimate of drug-likeness (QED) is 0.713. The van der Waals surface area contributed by atoms with Crippen LogP contribution in [0.25, 0.3) is 10.8 Å². The Hall–Kier alpha value is -2.62. The van der Waals surface area contributed by atoms with E-state index in [-0.39, 0.29) is 0 Å². The smallest absolute Gasteiger partial charge is 0.134 e. The number of fused-ring (bicyclic) bond motifs is 1. The molecule has 0 atom stereocenters. The van der Waals surface area contributed by atoms with E-state index in [0.29, 0.717) is 6.54 Å². The maximum Gasteiger partial charge on any atom is 0.134 e. The van der Waals surface area contributed by atoms with Gasteiger partial charge in [0.25, 0.3) is 0 Å². The molecule has 0 saturated carbocycles. The van der Waals surface area contributed by atoms with Gasteiger partial charge in [0, 0.05) is 41.1 Å². The molecule has 0 aliphatic heterocycles. The number of aryl methyl sites for hydroxylation is 1. The van der Waals surface area contributed by atoms with Gasteiger partial charge in [-0.1, -0.05) is 18.2 Å². The van der Waals surface area contributed by atoms with Gasteiger partial charge in [-0.3, -0.25) is 4.98 Å². The van der Waals surface area contributed by atoms with Crippen LogP contribution in [0.1, 0.15) is 11.3 Å². The third-order valence-corrected chi connectivity index (χ3v) is 3.22. The second-order valence-electron chi connectivity index (χ2n) is 4.77. The Morgan fingerprint density at radius 1 is 1.15 bits per heavy atom. The Balaban J connectivity index is 1.97. The Kier molecular flexibility index (Phi) is 3.21. The number of anilines is 2. The standard InChI is InChI=1S/C16H16N4/c1-11-8-14-13(5-2-6-15(14)17)16(20-11)19-10-12-4-3-7-18-9-12/h2-9H,10,17H2,1H3,(H,19,20). The minimum Gasteiger partial charge on any atom is -0.398 e. The number of hydrogen-bond acceptors (Lipinski definition) is 4. The van der Waals surface area contributed by atoms with Crippen LogP contribution in [-0.4, -0.2) is 9.97 Å². The minimum absolute atomic E-state index is 0.689. The van der Waals surface area contributed by atoms with Crippen LogP contribution >= 0.6 is 0 Å². The van der Waals surface area contributed by atoms with Gasteiger partial charge in [-0.2, -0.15) is 0 Å². The van der Waals surface area contributed by atoms with Crippen LogP contribution in [0.5, 0.6) is 0 Å². The number of nitrogens with zero attached hydrogens (tertiary/aromatic N) is 2. The molecule has 1 aromatic carbocycles. The van der Waals surface area contributed by atoms with Crippen molar-refractivity contribution in [1.29, 1.82) is 0 Å². The molecule has 4 heteroatoms.